The lowest BCUT2D eigenvalue weighted by Gasteiger charge is -2.15. The summed E-state index contributed by atoms with van der Waals surface area (Å²) in [5.41, 5.74) is 4.22. The Morgan fingerprint density at radius 1 is 0.852 bits per heavy atom. The summed E-state index contributed by atoms with van der Waals surface area (Å²) in [5, 5.41) is 18.3. The summed E-state index contributed by atoms with van der Waals surface area (Å²) in [7, 11) is 3.24. The summed E-state index contributed by atoms with van der Waals surface area (Å²) in [6.07, 6.45) is 7.28. The molecule has 0 aliphatic heterocycles. The van der Waals surface area contributed by atoms with Crippen molar-refractivity contribution in [2.75, 3.05) is 69.7 Å². The topological polar surface area (TPSA) is 172 Å². The smallest absolute Gasteiger partial charge is 0.324 e. The number of ether oxygens (including phenoxy) is 5. The number of carbonyl (C=O) groups excluding carboxylic acids is 2. The monoisotopic (exact) mass is 826 g/mol. The number of aromatic nitrogens is 4. The average Bonchev–Trinajstić information content (AvgIpc) is 3.67. The van der Waals surface area contributed by atoms with Gasteiger partial charge in [-0.25, -0.2) is 14.5 Å². The number of carbonyl (C=O) groups is 2. The van der Waals surface area contributed by atoms with Gasteiger partial charge in [-0.2, -0.15) is 10.1 Å². The van der Waals surface area contributed by atoms with Crippen LogP contribution in [0.4, 0.5) is 27.9 Å². The molecule has 0 bridgehead atoms. The lowest BCUT2D eigenvalue weighted by molar-refractivity contribution is 0.0255. The van der Waals surface area contributed by atoms with Gasteiger partial charge in [-0.15, -0.1) is 6.42 Å². The van der Waals surface area contributed by atoms with Crippen LogP contribution in [0.2, 0.25) is 0 Å². The molecule has 0 radical (unpaired) electrons. The fraction of sp³-hybridized carbons (Fsp3) is 0.283. The summed E-state index contributed by atoms with van der Waals surface area (Å²) in [6.45, 7) is 10.7. The fourth-order valence-corrected chi connectivity index (χ4v) is 6.17. The van der Waals surface area contributed by atoms with Crippen molar-refractivity contribution < 1.29 is 33.3 Å². The molecule has 2 aromatic heterocycles. The van der Waals surface area contributed by atoms with E-state index in [0.29, 0.717) is 73.6 Å². The molecule has 0 aliphatic carbocycles. The maximum atomic E-state index is 13.6. The van der Waals surface area contributed by atoms with Crippen LogP contribution in [0, 0.1) is 19.3 Å². The van der Waals surface area contributed by atoms with Gasteiger partial charge >= 0.3 is 6.03 Å². The molecule has 4 N–H and O–H groups in total. The van der Waals surface area contributed by atoms with Gasteiger partial charge in [0.15, 0.2) is 0 Å². The van der Waals surface area contributed by atoms with E-state index in [4.69, 9.17) is 35.2 Å². The molecule has 0 fully saturated rings. The van der Waals surface area contributed by atoms with E-state index in [1.165, 1.54) is 0 Å². The van der Waals surface area contributed by atoms with E-state index in [2.05, 4.69) is 57.9 Å². The highest BCUT2D eigenvalue weighted by molar-refractivity contribution is 6.07. The highest BCUT2D eigenvalue weighted by Crippen LogP contribution is 2.35. The Hall–Kier alpha value is -6.99. The Balaban J connectivity index is 1.13. The van der Waals surface area contributed by atoms with Crippen LogP contribution in [0.5, 0.6) is 17.4 Å². The number of benzene rings is 4. The molecule has 0 spiro atoms. The van der Waals surface area contributed by atoms with Gasteiger partial charge in [-0.1, -0.05) is 51.0 Å². The number of hydrogen-bond donors (Lipinski definition) is 4. The van der Waals surface area contributed by atoms with E-state index in [-0.39, 0.29) is 23.2 Å². The zero-order chi connectivity index (χ0) is 43.4. The first-order chi connectivity index (χ1) is 29.4. The van der Waals surface area contributed by atoms with Crippen LogP contribution in [-0.4, -0.2) is 85.5 Å². The summed E-state index contributed by atoms with van der Waals surface area (Å²) >= 11 is 0. The molecule has 4 aromatic carbocycles. The Morgan fingerprint density at radius 3 is 2.36 bits per heavy atom. The first-order valence-electron chi connectivity index (χ1n) is 19.6. The van der Waals surface area contributed by atoms with E-state index >= 15 is 0 Å². The molecule has 0 aliphatic rings. The number of fused-ring (bicyclic) bond motifs is 1. The summed E-state index contributed by atoms with van der Waals surface area (Å²) < 4.78 is 29.3. The second-order valence-corrected chi connectivity index (χ2v) is 14.8. The Morgan fingerprint density at radius 2 is 1.62 bits per heavy atom. The van der Waals surface area contributed by atoms with Crippen LogP contribution in [0.15, 0.2) is 91.1 Å². The van der Waals surface area contributed by atoms with Crippen molar-refractivity contribution in [2.45, 2.75) is 33.1 Å². The van der Waals surface area contributed by atoms with Crippen molar-refractivity contribution >= 4 is 45.9 Å². The largest absolute Gasteiger partial charge is 0.497 e. The number of anilines is 4. The van der Waals surface area contributed by atoms with E-state index in [9.17, 15) is 9.59 Å². The number of hydrogen-bond acceptors (Lipinski definition) is 11. The molecule has 316 valence electrons. The van der Waals surface area contributed by atoms with Gasteiger partial charge in [0.2, 0.25) is 11.8 Å². The second kappa shape index (κ2) is 20.3. The maximum absolute atomic E-state index is 13.6. The predicted octanol–water partition coefficient (Wildman–Crippen LogP) is 8.00. The molecule has 0 atom stereocenters. The number of methoxy groups -OCH3 is 2. The molecule has 15 nitrogen and oxygen atoms in total. The highest BCUT2D eigenvalue weighted by Gasteiger charge is 2.23. The van der Waals surface area contributed by atoms with Crippen LogP contribution in [0.1, 0.15) is 48.0 Å². The number of terminal acetylenes is 1. The third-order valence-corrected chi connectivity index (χ3v) is 9.28. The number of aryl methyl sites for hydroxylation is 1. The minimum atomic E-state index is -0.447. The summed E-state index contributed by atoms with van der Waals surface area (Å²) in [5.74, 6) is 4.50. The lowest BCUT2D eigenvalue weighted by atomic mass is 9.92. The van der Waals surface area contributed by atoms with Gasteiger partial charge in [-0.3, -0.25) is 10.1 Å². The minimum Gasteiger partial charge on any atom is -0.497 e. The molecule has 6 rings (SSSR count). The van der Waals surface area contributed by atoms with Crippen LogP contribution in [-0.2, 0) is 19.6 Å². The van der Waals surface area contributed by atoms with E-state index in [0.717, 1.165) is 33.5 Å². The van der Waals surface area contributed by atoms with Crippen molar-refractivity contribution in [3.8, 4) is 35.4 Å². The van der Waals surface area contributed by atoms with E-state index in [1.807, 2.05) is 55.5 Å². The fourth-order valence-electron chi connectivity index (χ4n) is 6.17. The van der Waals surface area contributed by atoms with Crippen molar-refractivity contribution in [3.63, 3.8) is 0 Å². The molecule has 6 aromatic rings. The normalized spacial score (nSPS) is 11.2. The Kier molecular flexibility index (Phi) is 14.5. The van der Waals surface area contributed by atoms with Crippen molar-refractivity contribution in [3.05, 3.63) is 114 Å². The van der Waals surface area contributed by atoms with Crippen LogP contribution >= 0.6 is 0 Å². The van der Waals surface area contributed by atoms with Crippen LogP contribution in [0.3, 0.4) is 0 Å². The predicted molar refractivity (Wildman–Crippen MR) is 236 cm³/mol. The quantitative estimate of drug-likeness (QED) is 0.0489. The molecule has 2 heterocycles. The maximum Gasteiger partial charge on any atom is 0.324 e. The number of urea groups is 1. The first kappa shape index (κ1) is 43.6. The van der Waals surface area contributed by atoms with Crippen LogP contribution in [0.25, 0.3) is 16.5 Å². The van der Waals surface area contributed by atoms with Crippen molar-refractivity contribution in [2.24, 2.45) is 0 Å². The van der Waals surface area contributed by atoms with Crippen molar-refractivity contribution in [1.29, 1.82) is 0 Å². The zero-order valence-corrected chi connectivity index (χ0v) is 35.1. The molecular weight excluding hydrogens is 777 g/mol. The van der Waals surface area contributed by atoms with Gasteiger partial charge in [0.05, 0.1) is 57.2 Å². The van der Waals surface area contributed by atoms with Gasteiger partial charge in [0.25, 0.3) is 5.91 Å². The number of amides is 3. The molecule has 0 saturated carbocycles. The van der Waals surface area contributed by atoms with Gasteiger partial charge in [-0.05, 0) is 61.0 Å². The number of rotatable bonds is 18. The molecular formula is C46H50N8O7. The third kappa shape index (κ3) is 11.6. The van der Waals surface area contributed by atoms with E-state index in [1.54, 1.807) is 61.5 Å². The molecule has 0 unspecified atom stereocenters. The van der Waals surface area contributed by atoms with Gasteiger partial charge < -0.3 is 39.6 Å². The summed E-state index contributed by atoms with van der Waals surface area (Å²) in [4.78, 5) is 35.6. The van der Waals surface area contributed by atoms with Gasteiger partial charge in [0, 0.05) is 65.0 Å². The zero-order valence-electron chi connectivity index (χ0n) is 35.1. The lowest BCUT2D eigenvalue weighted by Crippen LogP contribution is -2.27. The van der Waals surface area contributed by atoms with Crippen molar-refractivity contribution in [1.82, 2.24) is 25.1 Å². The Bertz CT molecular complexity index is 2520. The number of nitrogens with one attached hydrogen (secondary N) is 4. The Labute approximate surface area is 355 Å². The second-order valence-electron chi connectivity index (χ2n) is 14.8. The molecule has 61 heavy (non-hydrogen) atoms. The SMILES string of the molecule is C#Cc1cc(Nc2nccc(Oc3ccc(NC(=O)Nc4cc(C(C)(C)C)nn4-c4ccc(OC)cc4C)c4ccccc34)n2)cc(C(=O)NCCOCCOCCOC)c1. The standard InChI is InChI=1S/C46H50N8O7/c1-8-31-26-32(43(55)47-19-20-59-23-24-60-22-21-57-6)28-33(27-31)49-44-48-18-17-42(52-44)61-39-16-14-37(35-11-9-10-12-36(35)39)50-45(56)51-41-29-40(46(3,4)5)53-54(41)38-15-13-34(58-7)25-30(38)2/h1,9-18,25-29H,19-24H2,2-7H3,(H,47,55)(H,48,49,52)(H2,50,51,56). The van der Waals surface area contributed by atoms with E-state index < -0.39 is 6.03 Å². The third-order valence-electron chi connectivity index (χ3n) is 9.28. The first-order valence-corrected chi connectivity index (χ1v) is 19.6. The van der Waals surface area contributed by atoms with Crippen LogP contribution < -0.4 is 30.7 Å². The summed E-state index contributed by atoms with van der Waals surface area (Å²) in [6, 6.07) is 24.9. The molecule has 0 saturated heterocycles. The molecule has 3 amide bonds. The minimum absolute atomic E-state index is 0.220. The highest BCUT2D eigenvalue weighted by atomic mass is 16.5. The average molecular weight is 827 g/mol. The molecule has 15 heteroatoms. The number of nitrogens with zero attached hydrogens (tertiary/aromatic N) is 4. The van der Waals surface area contributed by atoms with Gasteiger partial charge in [0.1, 0.15) is 17.3 Å².